The molecule has 4 nitrogen and oxygen atoms in total. The second-order valence-corrected chi connectivity index (χ2v) is 5.81. The zero-order valence-electron chi connectivity index (χ0n) is 11.9. The van der Waals surface area contributed by atoms with Crippen molar-refractivity contribution in [1.29, 1.82) is 0 Å². The maximum atomic E-state index is 5.78. The predicted molar refractivity (Wildman–Crippen MR) is 85.2 cm³/mol. The highest BCUT2D eigenvalue weighted by atomic mass is 79.9. The van der Waals surface area contributed by atoms with E-state index in [4.69, 9.17) is 5.84 Å². The fraction of sp³-hybridized carbons (Fsp3) is 0.400. The summed E-state index contributed by atoms with van der Waals surface area (Å²) in [5.74, 6) is 5.78. The Morgan fingerprint density at radius 2 is 2.15 bits per heavy atom. The van der Waals surface area contributed by atoms with Crippen molar-refractivity contribution in [1.82, 2.24) is 15.2 Å². The van der Waals surface area contributed by atoms with E-state index in [2.05, 4.69) is 64.6 Å². The molecule has 0 fully saturated rings. The molecule has 108 valence electrons. The summed E-state index contributed by atoms with van der Waals surface area (Å²) in [5.41, 5.74) is 6.62. The largest absolute Gasteiger partial charge is 0.271 e. The van der Waals surface area contributed by atoms with Gasteiger partial charge in [0.2, 0.25) is 0 Å². The molecule has 0 saturated heterocycles. The second kappa shape index (κ2) is 7.02. The molecule has 5 heteroatoms. The molecule has 3 N–H and O–H groups in total. The van der Waals surface area contributed by atoms with E-state index in [-0.39, 0.29) is 6.04 Å². The monoisotopic (exact) mass is 336 g/mol. The first-order chi connectivity index (χ1) is 9.67. The van der Waals surface area contributed by atoms with E-state index >= 15 is 0 Å². The standard InChI is InChI=1S/C15H21BrN4/c1-3-8-20-15(13(16)10-18-20)14(19-17)9-12-7-5-4-6-11(12)2/h4-7,10,14,19H,3,8-9,17H2,1-2H3. The third-order valence-electron chi connectivity index (χ3n) is 3.49. The molecule has 0 aliphatic rings. The second-order valence-electron chi connectivity index (χ2n) is 4.95. The Morgan fingerprint density at radius 1 is 1.40 bits per heavy atom. The average Bonchev–Trinajstić information content (AvgIpc) is 2.80. The van der Waals surface area contributed by atoms with Crippen LogP contribution >= 0.6 is 15.9 Å². The lowest BCUT2D eigenvalue weighted by molar-refractivity contribution is 0.476. The Balaban J connectivity index is 2.29. The van der Waals surface area contributed by atoms with E-state index in [9.17, 15) is 0 Å². The molecule has 0 amide bonds. The van der Waals surface area contributed by atoms with Crippen molar-refractivity contribution in [3.63, 3.8) is 0 Å². The van der Waals surface area contributed by atoms with Gasteiger partial charge in [-0.05, 0) is 46.8 Å². The normalized spacial score (nSPS) is 12.6. The summed E-state index contributed by atoms with van der Waals surface area (Å²) in [7, 11) is 0. The molecular formula is C15H21BrN4. The van der Waals surface area contributed by atoms with Crippen LogP contribution in [-0.4, -0.2) is 9.78 Å². The molecule has 2 aromatic rings. The smallest absolute Gasteiger partial charge is 0.0712 e. The maximum absolute atomic E-state index is 5.78. The van der Waals surface area contributed by atoms with Crippen molar-refractivity contribution < 1.29 is 0 Å². The summed E-state index contributed by atoms with van der Waals surface area (Å²) in [5, 5.41) is 4.41. The number of nitrogens with one attached hydrogen (secondary N) is 1. The Bertz CT molecular complexity index is 565. The average molecular weight is 337 g/mol. The molecule has 2 rings (SSSR count). The summed E-state index contributed by atoms with van der Waals surface area (Å²) in [6.07, 6.45) is 3.73. The van der Waals surface area contributed by atoms with Crippen molar-refractivity contribution >= 4 is 15.9 Å². The van der Waals surface area contributed by atoms with Crippen LogP contribution in [0.4, 0.5) is 0 Å². The first kappa shape index (κ1) is 15.2. The number of rotatable bonds is 6. The molecule has 1 unspecified atom stereocenters. The van der Waals surface area contributed by atoms with Crippen molar-refractivity contribution in [2.45, 2.75) is 39.3 Å². The number of benzene rings is 1. The molecule has 0 aliphatic heterocycles. The van der Waals surface area contributed by atoms with Crippen LogP contribution in [0.15, 0.2) is 34.9 Å². The minimum Gasteiger partial charge on any atom is -0.271 e. The van der Waals surface area contributed by atoms with Crippen LogP contribution in [0, 0.1) is 6.92 Å². The van der Waals surface area contributed by atoms with Crippen LogP contribution < -0.4 is 11.3 Å². The fourth-order valence-electron chi connectivity index (χ4n) is 2.40. The quantitative estimate of drug-likeness (QED) is 0.629. The van der Waals surface area contributed by atoms with E-state index in [1.165, 1.54) is 11.1 Å². The molecule has 0 aliphatic carbocycles. The van der Waals surface area contributed by atoms with Gasteiger partial charge < -0.3 is 0 Å². The van der Waals surface area contributed by atoms with E-state index in [0.717, 1.165) is 29.6 Å². The summed E-state index contributed by atoms with van der Waals surface area (Å²) >= 11 is 3.58. The fourth-order valence-corrected chi connectivity index (χ4v) is 2.97. The highest BCUT2D eigenvalue weighted by molar-refractivity contribution is 9.10. The number of hydrazine groups is 1. The van der Waals surface area contributed by atoms with Crippen LogP contribution in [0.5, 0.6) is 0 Å². The summed E-state index contributed by atoms with van der Waals surface area (Å²) in [6.45, 7) is 5.17. The lowest BCUT2D eigenvalue weighted by atomic mass is 9.99. The molecule has 0 bridgehead atoms. The Morgan fingerprint density at radius 3 is 2.80 bits per heavy atom. The van der Waals surface area contributed by atoms with Gasteiger partial charge in [0, 0.05) is 6.54 Å². The molecular weight excluding hydrogens is 316 g/mol. The number of aryl methyl sites for hydroxylation is 2. The lowest BCUT2D eigenvalue weighted by Gasteiger charge is -2.19. The first-order valence-electron chi connectivity index (χ1n) is 6.89. The molecule has 0 saturated carbocycles. The van der Waals surface area contributed by atoms with Gasteiger partial charge in [-0.3, -0.25) is 16.0 Å². The minimum absolute atomic E-state index is 0.0412. The van der Waals surface area contributed by atoms with E-state index in [1.807, 2.05) is 10.9 Å². The third kappa shape index (κ3) is 3.29. The van der Waals surface area contributed by atoms with Gasteiger partial charge in [-0.25, -0.2) is 0 Å². The summed E-state index contributed by atoms with van der Waals surface area (Å²) in [6, 6.07) is 8.43. The number of nitrogens with zero attached hydrogens (tertiary/aromatic N) is 2. The molecule has 1 heterocycles. The summed E-state index contributed by atoms with van der Waals surface area (Å²) in [4.78, 5) is 0. The van der Waals surface area contributed by atoms with Crippen molar-refractivity contribution in [3.05, 3.63) is 51.8 Å². The Labute approximate surface area is 128 Å². The number of aromatic nitrogens is 2. The highest BCUT2D eigenvalue weighted by Crippen LogP contribution is 2.26. The van der Waals surface area contributed by atoms with E-state index < -0.39 is 0 Å². The Hall–Kier alpha value is -1.17. The molecule has 1 atom stereocenters. The highest BCUT2D eigenvalue weighted by Gasteiger charge is 2.19. The van der Waals surface area contributed by atoms with Gasteiger partial charge in [0.1, 0.15) is 0 Å². The molecule has 0 radical (unpaired) electrons. The summed E-state index contributed by atoms with van der Waals surface area (Å²) < 4.78 is 3.02. The van der Waals surface area contributed by atoms with Crippen LogP contribution in [0.1, 0.15) is 36.2 Å². The zero-order chi connectivity index (χ0) is 14.5. The topological polar surface area (TPSA) is 55.9 Å². The number of halogens is 1. The molecule has 0 spiro atoms. The van der Waals surface area contributed by atoms with Crippen LogP contribution in [0.25, 0.3) is 0 Å². The van der Waals surface area contributed by atoms with Gasteiger partial charge >= 0.3 is 0 Å². The SMILES string of the molecule is CCCn1ncc(Br)c1C(Cc1ccccc1C)NN. The van der Waals surface area contributed by atoms with Crippen molar-refractivity contribution in [2.24, 2.45) is 5.84 Å². The van der Waals surface area contributed by atoms with Crippen molar-refractivity contribution in [2.75, 3.05) is 0 Å². The van der Waals surface area contributed by atoms with E-state index in [1.54, 1.807) is 0 Å². The molecule has 20 heavy (non-hydrogen) atoms. The van der Waals surface area contributed by atoms with Gasteiger partial charge in [-0.2, -0.15) is 5.10 Å². The number of nitrogens with two attached hydrogens (primary N) is 1. The van der Waals surface area contributed by atoms with Gasteiger partial charge in [0.05, 0.1) is 22.4 Å². The maximum Gasteiger partial charge on any atom is 0.0712 e. The van der Waals surface area contributed by atoms with Gasteiger partial charge in [-0.1, -0.05) is 31.2 Å². The number of hydrogen-bond acceptors (Lipinski definition) is 3. The van der Waals surface area contributed by atoms with Gasteiger partial charge in [-0.15, -0.1) is 0 Å². The van der Waals surface area contributed by atoms with Gasteiger partial charge in [0.15, 0.2) is 0 Å². The van der Waals surface area contributed by atoms with Crippen LogP contribution in [0.2, 0.25) is 0 Å². The van der Waals surface area contributed by atoms with Crippen molar-refractivity contribution in [3.8, 4) is 0 Å². The lowest BCUT2D eigenvalue weighted by Crippen LogP contribution is -2.32. The molecule has 1 aromatic heterocycles. The molecule has 1 aromatic carbocycles. The van der Waals surface area contributed by atoms with E-state index in [0.29, 0.717) is 0 Å². The third-order valence-corrected chi connectivity index (χ3v) is 4.10. The van der Waals surface area contributed by atoms with Crippen LogP contribution in [-0.2, 0) is 13.0 Å². The predicted octanol–water partition coefficient (Wildman–Crippen LogP) is 3.11. The first-order valence-corrected chi connectivity index (χ1v) is 7.68. The Kier molecular flexibility index (Phi) is 5.34. The minimum atomic E-state index is 0.0412. The van der Waals surface area contributed by atoms with Gasteiger partial charge in [0.25, 0.3) is 0 Å². The number of hydrogen-bond donors (Lipinski definition) is 2. The zero-order valence-corrected chi connectivity index (χ0v) is 13.5. The van der Waals surface area contributed by atoms with Crippen LogP contribution in [0.3, 0.4) is 0 Å².